The normalized spacial score (nSPS) is 22.7. The van der Waals surface area contributed by atoms with Crippen molar-refractivity contribution in [1.29, 1.82) is 0 Å². The summed E-state index contributed by atoms with van der Waals surface area (Å²) in [7, 11) is -7.06. The maximum absolute atomic E-state index is 12.2. The molecule has 0 spiro atoms. The van der Waals surface area contributed by atoms with Gasteiger partial charge in [-0.3, -0.25) is 10.2 Å². The maximum Gasteiger partial charge on any atom is 0.257 e. The van der Waals surface area contributed by atoms with E-state index in [0.29, 0.717) is 0 Å². The zero-order valence-electron chi connectivity index (χ0n) is 12.4. The van der Waals surface area contributed by atoms with E-state index in [2.05, 4.69) is 5.43 Å². The molecule has 1 heterocycles. The SMILES string of the molecule is O=C(NNS(=O)(=O)c1ccc2c(c1)CCC2)[C@H]1CCS(=O)(=O)C1. The lowest BCUT2D eigenvalue weighted by Gasteiger charge is -2.12. The number of benzene rings is 1. The zero-order valence-corrected chi connectivity index (χ0v) is 14.0. The van der Waals surface area contributed by atoms with Crippen molar-refractivity contribution in [2.75, 3.05) is 11.5 Å². The van der Waals surface area contributed by atoms with E-state index in [1.54, 1.807) is 12.1 Å². The summed E-state index contributed by atoms with van der Waals surface area (Å²) in [6, 6.07) is 4.93. The van der Waals surface area contributed by atoms with Crippen LogP contribution in [0.25, 0.3) is 0 Å². The van der Waals surface area contributed by atoms with Crippen molar-refractivity contribution < 1.29 is 21.6 Å². The van der Waals surface area contributed by atoms with E-state index in [-0.39, 0.29) is 22.8 Å². The minimum atomic E-state index is -3.87. The van der Waals surface area contributed by atoms with Crippen LogP contribution in [-0.4, -0.2) is 34.2 Å². The Kier molecular flexibility index (Phi) is 4.19. The van der Waals surface area contributed by atoms with E-state index >= 15 is 0 Å². The highest BCUT2D eigenvalue weighted by Gasteiger charge is 2.33. The predicted molar refractivity (Wildman–Crippen MR) is 83.7 cm³/mol. The summed E-state index contributed by atoms with van der Waals surface area (Å²) in [5.41, 5.74) is 4.30. The Bertz CT molecular complexity index is 846. The fourth-order valence-corrected chi connectivity index (χ4v) is 5.63. The number of amides is 1. The molecule has 126 valence electrons. The molecule has 0 radical (unpaired) electrons. The van der Waals surface area contributed by atoms with E-state index in [9.17, 15) is 21.6 Å². The summed E-state index contributed by atoms with van der Waals surface area (Å²) in [6.45, 7) is 0. The highest BCUT2D eigenvalue weighted by molar-refractivity contribution is 7.91. The molecule has 0 saturated carbocycles. The summed E-state index contributed by atoms with van der Waals surface area (Å²) in [5.74, 6) is -1.60. The second-order valence-corrected chi connectivity index (χ2v) is 9.89. The van der Waals surface area contributed by atoms with Gasteiger partial charge in [0.15, 0.2) is 9.84 Å². The lowest BCUT2D eigenvalue weighted by atomic mass is 10.1. The second-order valence-electron chi connectivity index (χ2n) is 5.98. The monoisotopic (exact) mass is 358 g/mol. The molecule has 9 heteroatoms. The number of aryl methyl sites for hydroxylation is 2. The number of sulfone groups is 1. The fraction of sp³-hybridized carbons (Fsp3) is 0.500. The zero-order chi connectivity index (χ0) is 16.7. The molecular formula is C14H18N2O5S2. The van der Waals surface area contributed by atoms with Gasteiger partial charge >= 0.3 is 0 Å². The minimum absolute atomic E-state index is 0.0390. The number of rotatable bonds is 4. The first-order chi connectivity index (χ1) is 10.8. The van der Waals surface area contributed by atoms with Crippen molar-refractivity contribution in [2.45, 2.75) is 30.6 Å². The summed E-state index contributed by atoms with van der Waals surface area (Å²) in [4.78, 5) is 14.0. The number of fused-ring (bicyclic) bond motifs is 1. The van der Waals surface area contributed by atoms with Crippen molar-refractivity contribution in [3.05, 3.63) is 29.3 Å². The van der Waals surface area contributed by atoms with Gasteiger partial charge in [-0.25, -0.2) is 16.8 Å². The molecular weight excluding hydrogens is 340 g/mol. The van der Waals surface area contributed by atoms with E-state index in [0.717, 1.165) is 30.4 Å². The van der Waals surface area contributed by atoms with E-state index in [4.69, 9.17) is 0 Å². The van der Waals surface area contributed by atoms with Gasteiger partial charge in [0.2, 0.25) is 5.91 Å². The lowest BCUT2D eigenvalue weighted by molar-refractivity contribution is -0.124. The third-order valence-electron chi connectivity index (χ3n) is 4.29. The van der Waals surface area contributed by atoms with Crippen molar-refractivity contribution in [3.8, 4) is 0 Å². The van der Waals surface area contributed by atoms with Crippen LogP contribution in [0, 0.1) is 5.92 Å². The molecule has 1 aromatic rings. The molecule has 2 aliphatic rings. The molecule has 0 aromatic heterocycles. The van der Waals surface area contributed by atoms with Gasteiger partial charge in [0.1, 0.15) is 0 Å². The molecule has 0 unspecified atom stereocenters. The topological polar surface area (TPSA) is 109 Å². The number of carbonyl (C=O) groups excluding carboxylic acids is 1. The number of nitrogens with one attached hydrogen (secondary N) is 2. The van der Waals surface area contributed by atoms with Crippen molar-refractivity contribution >= 4 is 25.8 Å². The molecule has 0 bridgehead atoms. The van der Waals surface area contributed by atoms with Crippen LogP contribution in [0.15, 0.2) is 23.1 Å². The van der Waals surface area contributed by atoms with Crippen LogP contribution in [0.2, 0.25) is 0 Å². The van der Waals surface area contributed by atoms with Gasteiger partial charge in [-0.1, -0.05) is 6.07 Å². The Morgan fingerprint density at radius 3 is 2.61 bits per heavy atom. The van der Waals surface area contributed by atoms with Crippen LogP contribution in [0.4, 0.5) is 0 Å². The first-order valence-corrected chi connectivity index (χ1v) is 10.7. The average molecular weight is 358 g/mol. The van der Waals surface area contributed by atoms with E-state index < -0.39 is 31.7 Å². The Morgan fingerprint density at radius 1 is 1.17 bits per heavy atom. The highest BCUT2D eigenvalue weighted by atomic mass is 32.2. The summed E-state index contributed by atoms with van der Waals surface area (Å²) in [6.07, 6.45) is 3.04. The van der Waals surface area contributed by atoms with Gasteiger partial charge in [0.25, 0.3) is 10.0 Å². The molecule has 1 amide bonds. The number of hydrazine groups is 1. The highest BCUT2D eigenvalue weighted by Crippen LogP contribution is 2.24. The van der Waals surface area contributed by atoms with E-state index in [1.165, 1.54) is 6.07 Å². The summed E-state index contributed by atoms with van der Waals surface area (Å²) < 4.78 is 47.2. The second kappa shape index (κ2) is 5.88. The lowest BCUT2D eigenvalue weighted by Crippen LogP contribution is -2.44. The molecule has 23 heavy (non-hydrogen) atoms. The third kappa shape index (κ3) is 3.56. The van der Waals surface area contributed by atoms with Crippen LogP contribution < -0.4 is 10.3 Å². The Labute approximate surface area is 135 Å². The summed E-state index contributed by atoms with van der Waals surface area (Å²) >= 11 is 0. The number of hydrogen-bond donors (Lipinski definition) is 2. The molecule has 7 nitrogen and oxygen atoms in total. The average Bonchev–Trinajstić information content (AvgIpc) is 3.10. The Morgan fingerprint density at radius 2 is 1.91 bits per heavy atom. The quantitative estimate of drug-likeness (QED) is 0.732. The number of sulfonamides is 1. The van der Waals surface area contributed by atoms with Gasteiger partial charge in [0.05, 0.1) is 22.3 Å². The van der Waals surface area contributed by atoms with Gasteiger partial charge in [-0.15, -0.1) is 4.83 Å². The van der Waals surface area contributed by atoms with Gasteiger partial charge in [-0.2, -0.15) is 0 Å². The number of hydrogen-bond acceptors (Lipinski definition) is 5. The Balaban J connectivity index is 1.66. The fourth-order valence-electron chi connectivity index (χ4n) is 3.00. The smallest absolute Gasteiger partial charge is 0.257 e. The van der Waals surface area contributed by atoms with Crippen LogP contribution in [-0.2, 0) is 37.5 Å². The molecule has 3 rings (SSSR count). The van der Waals surface area contributed by atoms with Crippen LogP contribution in [0.3, 0.4) is 0 Å². The van der Waals surface area contributed by atoms with Gasteiger partial charge in [-0.05, 0) is 48.9 Å². The Hall–Kier alpha value is -1.45. The largest absolute Gasteiger partial charge is 0.277 e. The minimum Gasteiger partial charge on any atom is -0.277 e. The van der Waals surface area contributed by atoms with Gasteiger partial charge in [0, 0.05) is 0 Å². The molecule has 1 atom stereocenters. The summed E-state index contributed by atoms with van der Waals surface area (Å²) in [5, 5.41) is 0. The molecule has 1 aliphatic carbocycles. The van der Waals surface area contributed by atoms with Crippen LogP contribution in [0.5, 0.6) is 0 Å². The first-order valence-electron chi connectivity index (χ1n) is 7.41. The molecule has 2 N–H and O–H groups in total. The molecule has 1 fully saturated rings. The first kappa shape index (κ1) is 16.4. The molecule has 1 aromatic carbocycles. The van der Waals surface area contributed by atoms with E-state index in [1.807, 2.05) is 4.83 Å². The number of carbonyl (C=O) groups is 1. The molecule has 1 aliphatic heterocycles. The van der Waals surface area contributed by atoms with Crippen molar-refractivity contribution in [3.63, 3.8) is 0 Å². The van der Waals surface area contributed by atoms with Crippen LogP contribution >= 0.6 is 0 Å². The predicted octanol–water partition coefficient (Wildman–Crippen LogP) is -0.0805. The van der Waals surface area contributed by atoms with Gasteiger partial charge < -0.3 is 0 Å². The maximum atomic E-state index is 12.2. The van der Waals surface area contributed by atoms with Crippen molar-refractivity contribution in [2.24, 2.45) is 5.92 Å². The molecule has 1 saturated heterocycles. The van der Waals surface area contributed by atoms with Crippen LogP contribution in [0.1, 0.15) is 24.0 Å². The standard InChI is InChI=1S/C14H18N2O5S2/c17-14(12-6-7-22(18,19)9-12)15-16-23(20,21)13-5-4-10-2-1-3-11(10)8-13/h4-5,8,12,16H,1-3,6-7,9H2,(H,15,17)/t12-/m0/s1. The van der Waals surface area contributed by atoms with Crippen molar-refractivity contribution in [1.82, 2.24) is 10.3 Å². The third-order valence-corrected chi connectivity index (χ3v) is 7.31.